The summed E-state index contributed by atoms with van der Waals surface area (Å²) < 4.78 is 32.5. The van der Waals surface area contributed by atoms with E-state index in [1.165, 1.54) is 0 Å². The van der Waals surface area contributed by atoms with Crippen molar-refractivity contribution in [3.8, 4) is 5.75 Å². The summed E-state index contributed by atoms with van der Waals surface area (Å²) in [6.07, 6.45) is 1.60. The van der Waals surface area contributed by atoms with Gasteiger partial charge in [-0.25, -0.2) is 8.42 Å². The Labute approximate surface area is 117 Å². The van der Waals surface area contributed by atoms with Gasteiger partial charge in [0.05, 0.1) is 13.5 Å². The topological polar surface area (TPSA) is 82.3 Å². The molecule has 0 unspecified atom stereocenters. The van der Waals surface area contributed by atoms with E-state index >= 15 is 0 Å². The first-order valence-corrected chi connectivity index (χ1v) is 8.06. The molecule has 1 aromatic carbocycles. The van der Waals surface area contributed by atoms with E-state index in [0.29, 0.717) is 12.3 Å². The molecule has 2 rings (SSSR count). The molecule has 0 bridgehead atoms. The van der Waals surface area contributed by atoms with Gasteiger partial charge < -0.3 is 9.26 Å². The van der Waals surface area contributed by atoms with Gasteiger partial charge in [0, 0.05) is 6.26 Å². The van der Waals surface area contributed by atoms with Gasteiger partial charge in [-0.15, -0.1) is 0 Å². The Kier molecular flexibility index (Phi) is 4.08. The second-order valence-electron chi connectivity index (χ2n) is 4.64. The Hall–Kier alpha value is -1.89. The molecule has 1 aromatic heterocycles. The third-order valence-corrected chi connectivity index (χ3v) is 3.58. The smallest absolute Gasteiger partial charge is 0.231 e. The fourth-order valence-corrected chi connectivity index (χ4v) is 2.40. The van der Waals surface area contributed by atoms with Gasteiger partial charge in [-0.05, 0) is 30.2 Å². The van der Waals surface area contributed by atoms with Crippen LogP contribution in [0.4, 0.5) is 0 Å². The van der Waals surface area contributed by atoms with Crippen molar-refractivity contribution in [3.05, 3.63) is 41.0 Å². The average Bonchev–Trinajstić information content (AvgIpc) is 2.76. The third kappa shape index (κ3) is 3.80. The fraction of sp³-hybridized carbons (Fsp3) is 0.385. The second kappa shape index (κ2) is 5.62. The normalized spacial score (nSPS) is 11.6. The molecular formula is C13H16N2O4S. The van der Waals surface area contributed by atoms with Gasteiger partial charge in [-0.2, -0.15) is 4.98 Å². The van der Waals surface area contributed by atoms with E-state index in [1.54, 1.807) is 7.11 Å². The molecule has 0 radical (unpaired) electrons. The van der Waals surface area contributed by atoms with Crippen LogP contribution >= 0.6 is 0 Å². The molecule has 0 saturated carbocycles. The number of rotatable bonds is 5. The van der Waals surface area contributed by atoms with Crippen molar-refractivity contribution in [2.45, 2.75) is 19.1 Å². The Morgan fingerprint density at radius 2 is 2.10 bits per heavy atom. The van der Waals surface area contributed by atoms with Crippen LogP contribution in [0.25, 0.3) is 0 Å². The lowest BCUT2D eigenvalue weighted by Crippen LogP contribution is -2.02. The van der Waals surface area contributed by atoms with Crippen LogP contribution in [0.5, 0.6) is 5.75 Å². The maximum atomic E-state index is 11.2. The van der Waals surface area contributed by atoms with Crippen molar-refractivity contribution in [1.29, 1.82) is 0 Å². The zero-order valence-electron chi connectivity index (χ0n) is 11.6. The van der Waals surface area contributed by atoms with E-state index < -0.39 is 9.84 Å². The summed E-state index contributed by atoms with van der Waals surface area (Å²) in [4.78, 5) is 4.09. The molecule has 0 fully saturated rings. The molecule has 0 aliphatic carbocycles. The van der Waals surface area contributed by atoms with E-state index in [2.05, 4.69) is 10.1 Å². The molecule has 0 amide bonds. The van der Waals surface area contributed by atoms with Gasteiger partial charge in [0.1, 0.15) is 11.5 Å². The van der Waals surface area contributed by atoms with Crippen molar-refractivity contribution in [1.82, 2.24) is 10.1 Å². The first kappa shape index (κ1) is 14.5. The molecule has 108 valence electrons. The number of aromatic nitrogens is 2. The molecule has 0 saturated heterocycles. The fourth-order valence-electron chi connectivity index (χ4n) is 1.81. The zero-order chi connectivity index (χ0) is 14.8. The number of aryl methyl sites for hydroxylation is 1. The van der Waals surface area contributed by atoms with Gasteiger partial charge in [0.15, 0.2) is 15.7 Å². The summed E-state index contributed by atoms with van der Waals surface area (Å²) in [5.74, 6) is 1.16. The molecule has 7 heteroatoms. The maximum Gasteiger partial charge on any atom is 0.231 e. The Balaban J connectivity index is 2.14. The highest BCUT2D eigenvalue weighted by Crippen LogP contribution is 2.19. The summed E-state index contributed by atoms with van der Waals surface area (Å²) >= 11 is 0. The molecule has 1 heterocycles. The second-order valence-corrected chi connectivity index (χ2v) is 6.78. The lowest BCUT2D eigenvalue weighted by atomic mass is 10.1. The Morgan fingerprint density at radius 3 is 2.70 bits per heavy atom. The van der Waals surface area contributed by atoms with Crippen LogP contribution in [0.1, 0.15) is 22.8 Å². The first-order valence-electron chi connectivity index (χ1n) is 6.00. The van der Waals surface area contributed by atoms with Crippen LogP contribution in [0.15, 0.2) is 22.7 Å². The van der Waals surface area contributed by atoms with Gasteiger partial charge in [-0.3, -0.25) is 0 Å². The number of benzene rings is 1. The number of ether oxygens (including phenoxy) is 1. The van der Waals surface area contributed by atoms with E-state index in [4.69, 9.17) is 9.26 Å². The maximum absolute atomic E-state index is 11.2. The zero-order valence-corrected chi connectivity index (χ0v) is 12.4. The Morgan fingerprint density at radius 1 is 1.35 bits per heavy atom. The molecule has 0 aliphatic heterocycles. The molecule has 6 nitrogen and oxygen atoms in total. The number of nitrogens with zero attached hydrogens (tertiary/aromatic N) is 2. The minimum atomic E-state index is -3.16. The van der Waals surface area contributed by atoms with Crippen LogP contribution in [-0.4, -0.2) is 31.9 Å². The molecule has 0 aliphatic rings. The average molecular weight is 296 g/mol. The van der Waals surface area contributed by atoms with E-state index in [1.807, 2.05) is 25.1 Å². The van der Waals surface area contributed by atoms with Crippen molar-refractivity contribution in [3.63, 3.8) is 0 Å². The van der Waals surface area contributed by atoms with Crippen LogP contribution in [0.2, 0.25) is 0 Å². The molecule has 0 atom stereocenters. The summed E-state index contributed by atoms with van der Waals surface area (Å²) in [5.41, 5.74) is 2.08. The lowest BCUT2D eigenvalue weighted by Gasteiger charge is -2.05. The molecular weight excluding hydrogens is 280 g/mol. The van der Waals surface area contributed by atoms with Crippen LogP contribution in [0, 0.1) is 6.92 Å². The van der Waals surface area contributed by atoms with Crippen LogP contribution < -0.4 is 4.74 Å². The number of methoxy groups -OCH3 is 1. The van der Waals surface area contributed by atoms with Crippen molar-refractivity contribution in [2.75, 3.05) is 13.4 Å². The summed E-state index contributed by atoms with van der Waals surface area (Å²) in [6.45, 7) is 1.96. The van der Waals surface area contributed by atoms with Crippen LogP contribution in [-0.2, 0) is 22.0 Å². The van der Waals surface area contributed by atoms with Gasteiger partial charge in [0.2, 0.25) is 5.89 Å². The van der Waals surface area contributed by atoms with Gasteiger partial charge in [-0.1, -0.05) is 11.2 Å². The highest BCUT2D eigenvalue weighted by atomic mass is 32.2. The molecule has 2 aromatic rings. The number of hydrogen-bond donors (Lipinski definition) is 0. The molecule has 0 spiro atoms. The molecule has 20 heavy (non-hydrogen) atoms. The number of hydrogen-bond acceptors (Lipinski definition) is 6. The minimum Gasteiger partial charge on any atom is -0.497 e. The largest absolute Gasteiger partial charge is 0.497 e. The van der Waals surface area contributed by atoms with Crippen molar-refractivity contribution >= 4 is 9.84 Å². The standard InChI is InChI=1S/C13H16N2O4S/c1-9-6-11(18-2)5-4-10(9)7-13-14-12(15-19-13)8-20(3,16)17/h4-6H,7-8H2,1-3H3. The Bertz CT molecular complexity index is 707. The van der Waals surface area contributed by atoms with E-state index in [-0.39, 0.29) is 11.6 Å². The van der Waals surface area contributed by atoms with E-state index in [9.17, 15) is 8.42 Å². The predicted molar refractivity (Wildman–Crippen MR) is 73.4 cm³/mol. The highest BCUT2D eigenvalue weighted by Gasteiger charge is 2.13. The third-order valence-electron chi connectivity index (χ3n) is 2.79. The van der Waals surface area contributed by atoms with Gasteiger partial charge in [0.25, 0.3) is 0 Å². The highest BCUT2D eigenvalue weighted by molar-refractivity contribution is 7.89. The summed E-state index contributed by atoms with van der Waals surface area (Å²) in [7, 11) is -1.54. The van der Waals surface area contributed by atoms with Crippen molar-refractivity contribution in [2.24, 2.45) is 0 Å². The SMILES string of the molecule is COc1ccc(Cc2nc(CS(C)(=O)=O)no2)c(C)c1. The predicted octanol–water partition coefficient (Wildman–Crippen LogP) is 1.52. The van der Waals surface area contributed by atoms with Gasteiger partial charge >= 0.3 is 0 Å². The minimum absolute atomic E-state index is 0.189. The first-order chi connectivity index (χ1) is 9.37. The van der Waals surface area contributed by atoms with E-state index in [0.717, 1.165) is 23.1 Å². The van der Waals surface area contributed by atoms with Crippen LogP contribution in [0.3, 0.4) is 0 Å². The number of sulfone groups is 1. The summed E-state index contributed by atoms with van der Waals surface area (Å²) in [5, 5.41) is 3.67. The monoisotopic (exact) mass is 296 g/mol. The molecule has 0 N–H and O–H groups in total. The van der Waals surface area contributed by atoms with Crippen molar-refractivity contribution < 1.29 is 17.7 Å². The lowest BCUT2D eigenvalue weighted by molar-refractivity contribution is 0.380. The quantitative estimate of drug-likeness (QED) is 0.832. The summed E-state index contributed by atoms with van der Waals surface area (Å²) in [6, 6.07) is 5.70.